The van der Waals surface area contributed by atoms with E-state index in [-0.39, 0.29) is 45.1 Å². The van der Waals surface area contributed by atoms with Gasteiger partial charge in [-0.1, -0.05) is 50.3 Å². The third-order valence-corrected chi connectivity index (χ3v) is 5.39. The van der Waals surface area contributed by atoms with Crippen LogP contribution in [0.1, 0.15) is 25.0 Å². The number of esters is 4. The topological polar surface area (TPSA) is 105 Å². The number of rotatable bonds is 9. The summed E-state index contributed by atoms with van der Waals surface area (Å²) in [6, 6.07) is 13.0. The summed E-state index contributed by atoms with van der Waals surface area (Å²) in [7, 11) is 0. The van der Waals surface area contributed by atoms with Crippen LogP contribution in [0.4, 0.5) is 4.39 Å². The van der Waals surface area contributed by atoms with Gasteiger partial charge in [0.25, 0.3) is 0 Å². The van der Waals surface area contributed by atoms with E-state index >= 15 is 4.39 Å². The predicted octanol–water partition coefficient (Wildman–Crippen LogP) is 6.04. The number of halogens is 1. The van der Waals surface area contributed by atoms with Crippen molar-refractivity contribution >= 4 is 23.9 Å². The summed E-state index contributed by atoms with van der Waals surface area (Å²) in [5.74, 6) is 0.912. The van der Waals surface area contributed by atoms with E-state index in [4.69, 9.17) is 18.9 Å². The number of hydrogen-bond acceptors (Lipinski definition) is 8. The van der Waals surface area contributed by atoms with E-state index in [0.29, 0.717) is 5.56 Å². The van der Waals surface area contributed by atoms with Crippen molar-refractivity contribution in [1.29, 1.82) is 0 Å². The summed E-state index contributed by atoms with van der Waals surface area (Å²) < 4.78 is 36.9. The molecule has 0 atom stereocenters. The molecule has 0 fully saturated rings. The Labute approximate surface area is 247 Å². The van der Waals surface area contributed by atoms with E-state index in [1.807, 2.05) is 0 Å². The lowest BCUT2D eigenvalue weighted by molar-refractivity contribution is -0.130. The van der Waals surface area contributed by atoms with Gasteiger partial charge in [0.1, 0.15) is 17.2 Å². The van der Waals surface area contributed by atoms with E-state index < -0.39 is 35.4 Å². The fourth-order valence-corrected chi connectivity index (χ4v) is 3.27. The number of hydrogen-bond donors (Lipinski definition) is 0. The fraction of sp³-hybridized carbons (Fsp3) is 0.0588. The van der Waals surface area contributed by atoms with Gasteiger partial charge in [-0.2, -0.15) is 0 Å². The van der Waals surface area contributed by atoms with Crippen LogP contribution >= 0.6 is 0 Å². The summed E-state index contributed by atoms with van der Waals surface area (Å²) in [6.45, 7) is 16.8. The van der Waals surface area contributed by atoms with Crippen LogP contribution in [0.5, 0.6) is 23.0 Å². The van der Waals surface area contributed by atoms with Crippen molar-refractivity contribution in [2.24, 2.45) is 0 Å². The van der Waals surface area contributed by atoms with Crippen molar-refractivity contribution < 1.29 is 42.5 Å². The maximum atomic E-state index is 15.9. The van der Waals surface area contributed by atoms with Gasteiger partial charge in [0.05, 0.1) is 11.1 Å². The highest BCUT2D eigenvalue weighted by Gasteiger charge is 2.25. The van der Waals surface area contributed by atoms with E-state index in [2.05, 4.69) is 38.2 Å². The van der Waals surface area contributed by atoms with Crippen LogP contribution in [-0.4, -0.2) is 23.9 Å². The van der Waals surface area contributed by atoms with Crippen molar-refractivity contribution in [2.75, 3.05) is 0 Å². The lowest BCUT2D eigenvalue weighted by Crippen LogP contribution is -2.11. The van der Waals surface area contributed by atoms with Crippen LogP contribution in [-0.2, 0) is 19.2 Å². The van der Waals surface area contributed by atoms with E-state index in [1.54, 1.807) is 12.1 Å². The fourth-order valence-electron chi connectivity index (χ4n) is 3.27. The molecule has 0 spiro atoms. The van der Waals surface area contributed by atoms with Gasteiger partial charge in [0.2, 0.25) is 0 Å². The molecule has 0 aliphatic carbocycles. The zero-order chi connectivity index (χ0) is 31.7. The van der Waals surface area contributed by atoms with Crippen molar-refractivity contribution in [3.05, 3.63) is 121 Å². The Morgan fingerprint density at radius 3 is 1.70 bits per heavy atom. The zero-order valence-electron chi connectivity index (χ0n) is 23.3. The minimum atomic E-state index is -1.03. The molecule has 0 heterocycles. The standard InChI is InChI=1S/C34H25FO8/c1-7-28(36)42-27-19-24(12-9-22-10-15-25(16-11-22)40-33(38)20(3)4)31(35)32(43-29(37)8-2)30(27)23-13-17-26(18-14-23)41-34(39)21(5)6/h7-8,10-11,13-19H,1-3,5H2,4,6H3. The van der Waals surface area contributed by atoms with Gasteiger partial charge in [0.15, 0.2) is 11.6 Å². The minimum absolute atomic E-state index is 0.102. The highest BCUT2D eigenvalue weighted by molar-refractivity contribution is 5.91. The number of carbonyl (C=O) groups is 4. The molecular weight excluding hydrogens is 555 g/mol. The van der Waals surface area contributed by atoms with Gasteiger partial charge < -0.3 is 18.9 Å². The minimum Gasteiger partial charge on any atom is -0.423 e. The zero-order valence-corrected chi connectivity index (χ0v) is 23.3. The third-order valence-electron chi connectivity index (χ3n) is 5.39. The van der Waals surface area contributed by atoms with Crippen molar-refractivity contribution in [3.63, 3.8) is 0 Å². The highest BCUT2D eigenvalue weighted by atomic mass is 19.1. The average molecular weight is 581 g/mol. The number of carbonyl (C=O) groups excluding carboxylic acids is 4. The van der Waals surface area contributed by atoms with Crippen LogP contribution in [0.2, 0.25) is 0 Å². The summed E-state index contributed by atoms with van der Waals surface area (Å²) in [5, 5.41) is 0. The molecule has 8 nitrogen and oxygen atoms in total. The first kappa shape index (κ1) is 31.5. The van der Waals surface area contributed by atoms with Crippen LogP contribution in [0.25, 0.3) is 11.1 Å². The molecule has 0 N–H and O–H groups in total. The molecule has 3 aromatic carbocycles. The largest absolute Gasteiger partial charge is 0.423 e. The maximum absolute atomic E-state index is 15.9. The number of ether oxygens (including phenoxy) is 4. The lowest BCUT2D eigenvalue weighted by atomic mass is 10.00. The van der Waals surface area contributed by atoms with Gasteiger partial charge in [-0.3, -0.25) is 0 Å². The summed E-state index contributed by atoms with van der Waals surface area (Å²) in [6.07, 6.45) is 1.73. The molecule has 0 bridgehead atoms. The Hall–Kier alpha value is -6.01. The maximum Gasteiger partial charge on any atom is 0.338 e. The first-order chi connectivity index (χ1) is 20.4. The lowest BCUT2D eigenvalue weighted by Gasteiger charge is -2.16. The predicted molar refractivity (Wildman–Crippen MR) is 157 cm³/mol. The van der Waals surface area contributed by atoms with Crippen LogP contribution in [0, 0.1) is 17.7 Å². The molecule has 0 aliphatic rings. The van der Waals surface area contributed by atoms with Gasteiger partial charge in [-0.05, 0) is 55.8 Å². The smallest absolute Gasteiger partial charge is 0.338 e. The second-order valence-corrected chi connectivity index (χ2v) is 8.83. The molecule has 0 aliphatic heterocycles. The summed E-state index contributed by atoms with van der Waals surface area (Å²) >= 11 is 0. The molecule has 0 radical (unpaired) electrons. The average Bonchev–Trinajstić information content (AvgIpc) is 2.98. The van der Waals surface area contributed by atoms with Gasteiger partial charge in [-0.15, -0.1) is 0 Å². The van der Waals surface area contributed by atoms with Crippen LogP contribution in [0.15, 0.2) is 104 Å². The molecule has 0 aromatic heterocycles. The Morgan fingerprint density at radius 2 is 1.21 bits per heavy atom. The Kier molecular flexibility index (Phi) is 10.3. The Bertz CT molecular complexity index is 1720. The molecule has 3 rings (SSSR count). The van der Waals surface area contributed by atoms with E-state index in [0.717, 1.165) is 12.2 Å². The molecule has 9 heteroatoms. The van der Waals surface area contributed by atoms with Gasteiger partial charge in [-0.25, -0.2) is 23.6 Å². The van der Waals surface area contributed by atoms with Gasteiger partial charge in [0, 0.05) is 34.9 Å². The molecule has 0 saturated heterocycles. The second kappa shape index (κ2) is 14.1. The van der Waals surface area contributed by atoms with Crippen molar-refractivity contribution in [3.8, 4) is 46.0 Å². The Morgan fingerprint density at radius 1 is 0.721 bits per heavy atom. The first-order valence-corrected chi connectivity index (χ1v) is 12.5. The van der Waals surface area contributed by atoms with Gasteiger partial charge >= 0.3 is 23.9 Å². The summed E-state index contributed by atoms with van der Waals surface area (Å²) in [5.41, 5.74) is 0.704. The monoisotopic (exact) mass is 580 g/mol. The highest BCUT2D eigenvalue weighted by Crippen LogP contribution is 2.43. The normalized spacial score (nSPS) is 9.84. The molecule has 216 valence electrons. The SMILES string of the molecule is C=CC(=O)Oc1cc(C#Cc2ccc(OC(=O)C(=C)C)cc2)c(F)c(OC(=O)C=C)c1-c1ccc(OC(=O)C(=C)C)cc1. The van der Waals surface area contributed by atoms with Crippen LogP contribution < -0.4 is 18.9 Å². The van der Waals surface area contributed by atoms with Crippen molar-refractivity contribution in [2.45, 2.75) is 13.8 Å². The molecule has 43 heavy (non-hydrogen) atoms. The van der Waals surface area contributed by atoms with E-state index in [1.165, 1.54) is 56.3 Å². The first-order valence-electron chi connectivity index (χ1n) is 12.5. The number of benzene rings is 3. The summed E-state index contributed by atoms with van der Waals surface area (Å²) in [4.78, 5) is 48.0. The van der Waals surface area contributed by atoms with Crippen molar-refractivity contribution in [1.82, 2.24) is 0 Å². The van der Waals surface area contributed by atoms with Crippen LogP contribution in [0.3, 0.4) is 0 Å². The molecular formula is C34H25FO8. The Balaban J connectivity index is 2.13. The van der Waals surface area contributed by atoms with E-state index in [9.17, 15) is 19.2 Å². The molecule has 0 unspecified atom stereocenters. The second-order valence-electron chi connectivity index (χ2n) is 8.83. The molecule has 3 aromatic rings. The molecule has 0 saturated carbocycles. The third kappa shape index (κ3) is 8.25. The molecule has 0 amide bonds. The quantitative estimate of drug-likeness (QED) is 0.131.